The highest BCUT2D eigenvalue weighted by molar-refractivity contribution is 6.30. The Morgan fingerprint density at radius 1 is 1.35 bits per heavy atom. The van der Waals surface area contributed by atoms with Crippen molar-refractivity contribution in [2.24, 2.45) is 0 Å². The van der Waals surface area contributed by atoms with Crippen LogP contribution < -0.4 is 10.1 Å². The third kappa shape index (κ3) is 5.37. The molecule has 1 rings (SSSR count). The second-order valence-corrected chi connectivity index (χ2v) is 4.63. The maximum atomic E-state index is 5.84. The predicted molar refractivity (Wildman–Crippen MR) is 71.7 cm³/mol. The molecule has 4 heteroatoms. The van der Waals surface area contributed by atoms with Gasteiger partial charge in [0.05, 0.1) is 11.2 Å². The molecule has 1 aromatic rings. The smallest absolute Gasteiger partial charge is 0.139 e. The van der Waals surface area contributed by atoms with Crippen molar-refractivity contribution in [1.29, 1.82) is 0 Å². The highest BCUT2D eigenvalue weighted by Gasteiger charge is 2.08. The van der Waals surface area contributed by atoms with Gasteiger partial charge in [0.15, 0.2) is 0 Å². The molecule has 0 spiro atoms. The molecule has 0 saturated carbocycles. The molecule has 1 aromatic heterocycles. The zero-order valence-electron chi connectivity index (χ0n) is 10.7. The Labute approximate surface area is 109 Å². The van der Waals surface area contributed by atoms with Crippen LogP contribution in [-0.4, -0.2) is 23.7 Å². The Balaban J connectivity index is 2.36. The molecule has 3 nitrogen and oxygen atoms in total. The summed E-state index contributed by atoms with van der Waals surface area (Å²) in [5, 5.41) is 4.07. The minimum Gasteiger partial charge on any atom is -0.488 e. The Kier molecular flexibility index (Phi) is 6.30. The molecule has 1 heterocycles. The van der Waals surface area contributed by atoms with Gasteiger partial charge in [0.1, 0.15) is 11.9 Å². The van der Waals surface area contributed by atoms with Gasteiger partial charge in [0, 0.05) is 24.8 Å². The average Bonchev–Trinajstić information content (AvgIpc) is 2.30. The molecule has 96 valence electrons. The van der Waals surface area contributed by atoms with Crippen LogP contribution in [0.3, 0.4) is 0 Å². The maximum absolute atomic E-state index is 5.84. The molecule has 17 heavy (non-hydrogen) atoms. The average molecular weight is 257 g/mol. The molecule has 1 atom stereocenters. The Morgan fingerprint density at radius 2 is 2.06 bits per heavy atom. The molecular formula is C13H21ClN2O. The van der Waals surface area contributed by atoms with E-state index in [4.69, 9.17) is 16.3 Å². The summed E-state index contributed by atoms with van der Waals surface area (Å²) in [6.07, 6.45) is 5.67. The number of rotatable bonds is 7. The summed E-state index contributed by atoms with van der Waals surface area (Å²) in [5.41, 5.74) is 0. The van der Waals surface area contributed by atoms with Gasteiger partial charge in [-0.15, -0.1) is 0 Å². The molecule has 0 saturated heterocycles. The van der Waals surface area contributed by atoms with Crippen molar-refractivity contribution in [1.82, 2.24) is 10.3 Å². The monoisotopic (exact) mass is 256 g/mol. The molecule has 0 aromatic carbocycles. The lowest BCUT2D eigenvalue weighted by molar-refractivity contribution is 0.209. The van der Waals surface area contributed by atoms with Gasteiger partial charge < -0.3 is 10.1 Å². The first kappa shape index (κ1) is 14.3. The summed E-state index contributed by atoms with van der Waals surface area (Å²) >= 11 is 5.84. The zero-order chi connectivity index (χ0) is 12.7. The summed E-state index contributed by atoms with van der Waals surface area (Å²) in [5.74, 6) is 0.719. The topological polar surface area (TPSA) is 34.1 Å². The van der Waals surface area contributed by atoms with Crippen LogP contribution in [-0.2, 0) is 0 Å². The third-order valence-corrected chi connectivity index (χ3v) is 2.90. The summed E-state index contributed by atoms with van der Waals surface area (Å²) in [7, 11) is 0. The van der Waals surface area contributed by atoms with Crippen molar-refractivity contribution in [3.05, 3.63) is 23.5 Å². The lowest BCUT2D eigenvalue weighted by Gasteiger charge is -2.19. The van der Waals surface area contributed by atoms with Crippen molar-refractivity contribution >= 4 is 11.6 Å². The second-order valence-electron chi connectivity index (χ2n) is 4.19. The van der Waals surface area contributed by atoms with Crippen LogP contribution in [0.5, 0.6) is 5.75 Å². The van der Waals surface area contributed by atoms with Crippen LogP contribution in [0.2, 0.25) is 5.02 Å². The molecular weight excluding hydrogens is 236 g/mol. The molecule has 0 aliphatic carbocycles. The summed E-state index contributed by atoms with van der Waals surface area (Å²) < 4.78 is 5.73. The molecule has 0 radical (unpaired) electrons. The minimum absolute atomic E-state index is 0.107. The molecule has 0 amide bonds. The quantitative estimate of drug-likeness (QED) is 0.813. The maximum Gasteiger partial charge on any atom is 0.139 e. The van der Waals surface area contributed by atoms with Gasteiger partial charge in [-0.25, -0.2) is 0 Å². The van der Waals surface area contributed by atoms with Crippen LogP contribution in [0.25, 0.3) is 0 Å². The van der Waals surface area contributed by atoms with Crippen LogP contribution in [0.15, 0.2) is 18.5 Å². The number of aromatic nitrogens is 1. The van der Waals surface area contributed by atoms with E-state index in [1.54, 1.807) is 18.5 Å². The molecule has 0 fully saturated rings. The highest BCUT2D eigenvalue weighted by atomic mass is 35.5. The molecule has 1 unspecified atom stereocenters. The van der Waals surface area contributed by atoms with E-state index in [1.165, 1.54) is 0 Å². The standard InChI is InChI=1S/C13H21ClN2O/c1-4-12(5-2)16-7-10(3)17-13-6-11(14)8-15-9-13/h6,8-10,12,16H,4-5,7H2,1-3H3. The van der Waals surface area contributed by atoms with Crippen molar-refractivity contribution in [2.45, 2.75) is 45.8 Å². The fourth-order valence-corrected chi connectivity index (χ4v) is 1.80. The lowest BCUT2D eigenvalue weighted by Crippen LogP contribution is -2.36. The predicted octanol–water partition coefficient (Wildman–Crippen LogP) is 3.28. The summed E-state index contributed by atoms with van der Waals surface area (Å²) in [6, 6.07) is 2.35. The minimum atomic E-state index is 0.107. The van der Waals surface area contributed by atoms with E-state index >= 15 is 0 Å². The van der Waals surface area contributed by atoms with Gasteiger partial charge in [-0.2, -0.15) is 0 Å². The number of hydrogen-bond donors (Lipinski definition) is 1. The van der Waals surface area contributed by atoms with Gasteiger partial charge in [-0.05, 0) is 19.8 Å². The highest BCUT2D eigenvalue weighted by Crippen LogP contribution is 2.16. The molecule has 0 aliphatic heterocycles. The van der Waals surface area contributed by atoms with Gasteiger partial charge in [0.2, 0.25) is 0 Å². The number of halogens is 1. The lowest BCUT2D eigenvalue weighted by atomic mass is 10.1. The first-order valence-corrected chi connectivity index (χ1v) is 6.54. The van der Waals surface area contributed by atoms with Gasteiger partial charge in [-0.3, -0.25) is 4.98 Å². The fourth-order valence-electron chi connectivity index (χ4n) is 1.64. The SMILES string of the molecule is CCC(CC)NCC(C)Oc1cncc(Cl)c1. The van der Waals surface area contributed by atoms with E-state index in [0.717, 1.165) is 25.1 Å². The van der Waals surface area contributed by atoms with Crippen molar-refractivity contribution < 1.29 is 4.74 Å². The fraction of sp³-hybridized carbons (Fsp3) is 0.615. The van der Waals surface area contributed by atoms with Gasteiger partial charge in [0.25, 0.3) is 0 Å². The number of pyridine rings is 1. The van der Waals surface area contributed by atoms with E-state index in [-0.39, 0.29) is 6.10 Å². The largest absolute Gasteiger partial charge is 0.488 e. The van der Waals surface area contributed by atoms with Gasteiger partial charge in [-0.1, -0.05) is 25.4 Å². The first-order valence-electron chi connectivity index (χ1n) is 6.16. The van der Waals surface area contributed by atoms with E-state index in [9.17, 15) is 0 Å². The summed E-state index contributed by atoms with van der Waals surface area (Å²) in [6.45, 7) is 7.25. The van der Waals surface area contributed by atoms with E-state index in [1.807, 2.05) is 6.92 Å². The molecule has 1 N–H and O–H groups in total. The Morgan fingerprint density at radius 3 is 2.65 bits per heavy atom. The Hall–Kier alpha value is -0.800. The summed E-state index contributed by atoms with van der Waals surface area (Å²) in [4.78, 5) is 3.99. The Bertz CT molecular complexity index is 329. The van der Waals surface area contributed by atoms with Crippen LogP contribution in [0.4, 0.5) is 0 Å². The van der Waals surface area contributed by atoms with Gasteiger partial charge >= 0.3 is 0 Å². The first-order chi connectivity index (χ1) is 8.15. The molecule has 0 aliphatic rings. The number of hydrogen-bond acceptors (Lipinski definition) is 3. The van der Waals surface area contributed by atoms with Crippen molar-refractivity contribution in [2.75, 3.05) is 6.54 Å². The van der Waals surface area contributed by atoms with Crippen LogP contribution in [0, 0.1) is 0 Å². The number of nitrogens with zero attached hydrogens (tertiary/aromatic N) is 1. The number of ether oxygens (including phenoxy) is 1. The van der Waals surface area contributed by atoms with E-state index in [2.05, 4.69) is 24.1 Å². The van der Waals surface area contributed by atoms with E-state index < -0.39 is 0 Å². The van der Waals surface area contributed by atoms with Crippen molar-refractivity contribution in [3.63, 3.8) is 0 Å². The number of nitrogens with one attached hydrogen (secondary N) is 1. The molecule has 0 bridgehead atoms. The van der Waals surface area contributed by atoms with E-state index in [0.29, 0.717) is 11.1 Å². The zero-order valence-corrected chi connectivity index (χ0v) is 11.5. The second kappa shape index (κ2) is 7.51. The third-order valence-electron chi connectivity index (χ3n) is 2.70. The normalized spacial score (nSPS) is 12.8. The van der Waals surface area contributed by atoms with Crippen LogP contribution in [0.1, 0.15) is 33.6 Å². The van der Waals surface area contributed by atoms with Crippen molar-refractivity contribution in [3.8, 4) is 5.75 Å². The van der Waals surface area contributed by atoms with Crippen LogP contribution >= 0.6 is 11.6 Å².